The van der Waals surface area contributed by atoms with Crippen molar-refractivity contribution in [2.24, 2.45) is 5.84 Å². The fourth-order valence-electron chi connectivity index (χ4n) is 2.23. The Morgan fingerprint density at radius 2 is 2.43 bits per heavy atom. The van der Waals surface area contributed by atoms with Crippen LogP contribution in [0.4, 0.5) is 11.8 Å². The number of morpholine rings is 1. The number of anilines is 2. The second-order valence-corrected chi connectivity index (χ2v) is 4.92. The number of aryl methyl sites for hydroxylation is 1. The van der Waals surface area contributed by atoms with Gasteiger partial charge in [-0.1, -0.05) is 6.92 Å². The summed E-state index contributed by atoms with van der Waals surface area (Å²) in [7, 11) is 0. The molecule has 1 aromatic rings. The number of carbonyl (C=O) groups is 1. The summed E-state index contributed by atoms with van der Waals surface area (Å²) in [5.41, 5.74) is 3.32. The van der Waals surface area contributed by atoms with E-state index in [0.717, 1.165) is 12.0 Å². The second kappa shape index (κ2) is 7.19. The van der Waals surface area contributed by atoms with Gasteiger partial charge in [-0.15, -0.1) is 0 Å². The van der Waals surface area contributed by atoms with Crippen molar-refractivity contribution in [1.82, 2.24) is 15.3 Å². The molecule has 1 unspecified atom stereocenters. The Morgan fingerprint density at radius 1 is 1.62 bits per heavy atom. The van der Waals surface area contributed by atoms with Crippen LogP contribution in [0.3, 0.4) is 0 Å². The first-order valence-corrected chi connectivity index (χ1v) is 7.09. The number of nitrogen functional groups attached to an aromatic ring is 1. The van der Waals surface area contributed by atoms with Crippen LogP contribution in [0.1, 0.15) is 18.9 Å². The summed E-state index contributed by atoms with van der Waals surface area (Å²) in [6.07, 6.45) is 2.58. The molecule has 1 fully saturated rings. The molecule has 0 aromatic carbocycles. The van der Waals surface area contributed by atoms with Crippen LogP contribution in [-0.4, -0.2) is 48.2 Å². The summed E-state index contributed by atoms with van der Waals surface area (Å²) in [6.45, 7) is 6.10. The molecule has 8 heteroatoms. The molecule has 1 aliphatic rings. The number of nitrogens with two attached hydrogens (primary N) is 1. The van der Waals surface area contributed by atoms with Crippen LogP contribution in [-0.2, 0) is 9.53 Å². The number of nitrogens with one attached hydrogen (secondary N) is 2. The molecule has 116 valence electrons. The molecule has 0 saturated carbocycles. The predicted octanol–water partition coefficient (Wildman–Crippen LogP) is -0.198. The van der Waals surface area contributed by atoms with E-state index in [2.05, 4.69) is 20.7 Å². The van der Waals surface area contributed by atoms with Gasteiger partial charge in [0, 0.05) is 24.8 Å². The molecule has 1 atom stereocenters. The molecular formula is C13H22N6O2. The van der Waals surface area contributed by atoms with E-state index < -0.39 is 0 Å². The average Bonchev–Trinajstić information content (AvgIpc) is 2.53. The minimum Gasteiger partial charge on any atom is -0.377 e. The van der Waals surface area contributed by atoms with Gasteiger partial charge in [-0.2, -0.15) is 4.98 Å². The Morgan fingerprint density at radius 3 is 3.14 bits per heavy atom. The summed E-state index contributed by atoms with van der Waals surface area (Å²) in [5.74, 6) is 6.35. The van der Waals surface area contributed by atoms with Crippen molar-refractivity contribution in [3.63, 3.8) is 0 Å². The number of hydrazine groups is 1. The Labute approximate surface area is 124 Å². The number of ether oxygens (including phenoxy) is 1. The summed E-state index contributed by atoms with van der Waals surface area (Å²) in [4.78, 5) is 22.7. The normalized spacial score (nSPS) is 18.4. The fourth-order valence-corrected chi connectivity index (χ4v) is 2.23. The Bertz CT molecular complexity index is 496. The molecule has 4 N–H and O–H groups in total. The van der Waals surface area contributed by atoms with Gasteiger partial charge in [0.2, 0.25) is 11.9 Å². The van der Waals surface area contributed by atoms with E-state index in [-0.39, 0.29) is 11.9 Å². The van der Waals surface area contributed by atoms with Gasteiger partial charge in [0.25, 0.3) is 0 Å². The molecule has 2 rings (SSSR count). The molecule has 8 nitrogen and oxygen atoms in total. The van der Waals surface area contributed by atoms with Crippen molar-refractivity contribution >= 4 is 17.7 Å². The number of aromatic nitrogens is 2. The van der Waals surface area contributed by atoms with Crippen molar-refractivity contribution in [2.75, 3.05) is 36.6 Å². The molecule has 1 aliphatic heterocycles. The fraction of sp³-hybridized carbons (Fsp3) is 0.615. The van der Waals surface area contributed by atoms with Gasteiger partial charge in [-0.25, -0.2) is 10.8 Å². The van der Waals surface area contributed by atoms with Crippen LogP contribution < -0.4 is 21.5 Å². The lowest BCUT2D eigenvalue weighted by molar-refractivity contribution is -0.124. The highest BCUT2D eigenvalue weighted by molar-refractivity contribution is 5.85. The van der Waals surface area contributed by atoms with Gasteiger partial charge >= 0.3 is 0 Å². The van der Waals surface area contributed by atoms with Gasteiger partial charge in [-0.3, -0.25) is 10.2 Å². The maximum atomic E-state index is 12.3. The lowest BCUT2D eigenvalue weighted by atomic mass is 10.2. The third-order valence-corrected chi connectivity index (χ3v) is 3.33. The molecule has 2 heterocycles. The molecule has 1 aromatic heterocycles. The van der Waals surface area contributed by atoms with Crippen LogP contribution in [0.2, 0.25) is 0 Å². The molecule has 0 aliphatic carbocycles. The zero-order valence-electron chi connectivity index (χ0n) is 12.4. The lowest BCUT2D eigenvalue weighted by Crippen LogP contribution is -2.54. The van der Waals surface area contributed by atoms with Gasteiger partial charge in [0.15, 0.2) is 0 Å². The number of hydrogen-bond acceptors (Lipinski definition) is 7. The smallest absolute Gasteiger partial charge is 0.245 e. The third kappa shape index (κ3) is 3.59. The number of carbonyl (C=O) groups excluding carboxylic acids is 1. The van der Waals surface area contributed by atoms with Crippen LogP contribution in [0, 0.1) is 6.92 Å². The highest BCUT2D eigenvalue weighted by Gasteiger charge is 2.31. The van der Waals surface area contributed by atoms with E-state index in [0.29, 0.717) is 38.1 Å². The standard InChI is InChI=1S/C13H22N6O2/c1-3-4-15-12(20)10-8-21-6-5-19(10)11-9(2)7-16-13(17-11)18-14/h7,10H,3-6,8,14H2,1-2H3,(H,15,20)(H,16,17,18). The molecular weight excluding hydrogens is 272 g/mol. The van der Waals surface area contributed by atoms with Crippen molar-refractivity contribution in [1.29, 1.82) is 0 Å². The molecule has 1 amide bonds. The molecule has 0 spiro atoms. The highest BCUT2D eigenvalue weighted by atomic mass is 16.5. The topological polar surface area (TPSA) is 105 Å². The van der Waals surface area contributed by atoms with E-state index >= 15 is 0 Å². The van der Waals surface area contributed by atoms with E-state index in [9.17, 15) is 4.79 Å². The minimum absolute atomic E-state index is 0.0446. The van der Waals surface area contributed by atoms with Crippen molar-refractivity contribution in [3.8, 4) is 0 Å². The predicted molar refractivity (Wildman–Crippen MR) is 79.8 cm³/mol. The average molecular weight is 294 g/mol. The Hall–Kier alpha value is -1.93. The molecule has 0 radical (unpaired) electrons. The maximum Gasteiger partial charge on any atom is 0.245 e. The quantitative estimate of drug-likeness (QED) is 0.510. The van der Waals surface area contributed by atoms with E-state index in [1.807, 2.05) is 18.7 Å². The van der Waals surface area contributed by atoms with Crippen molar-refractivity contribution < 1.29 is 9.53 Å². The summed E-state index contributed by atoms with van der Waals surface area (Å²) in [6, 6.07) is -0.385. The number of hydrogen-bond donors (Lipinski definition) is 3. The van der Waals surface area contributed by atoms with E-state index in [1.165, 1.54) is 0 Å². The van der Waals surface area contributed by atoms with E-state index in [4.69, 9.17) is 10.6 Å². The monoisotopic (exact) mass is 294 g/mol. The highest BCUT2D eigenvalue weighted by Crippen LogP contribution is 2.22. The Balaban J connectivity index is 2.23. The number of rotatable bonds is 5. The summed E-state index contributed by atoms with van der Waals surface area (Å²) < 4.78 is 5.45. The first-order chi connectivity index (χ1) is 10.2. The van der Waals surface area contributed by atoms with Gasteiger partial charge in [0.05, 0.1) is 13.2 Å². The van der Waals surface area contributed by atoms with Crippen molar-refractivity contribution in [2.45, 2.75) is 26.3 Å². The second-order valence-electron chi connectivity index (χ2n) is 4.92. The first kappa shape index (κ1) is 15.5. The van der Waals surface area contributed by atoms with Gasteiger partial charge in [0.1, 0.15) is 11.9 Å². The number of amides is 1. The van der Waals surface area contributed by atoms with Crippen molar-refractivity contribution in [3.05, 3.63) is 11.8 Å². The van der Waals surface area contributed by atoms with Gasteiger partial charge < -0.3 is 15.0 Å². The first-order valence-electron chi connectivity index (χ1n) is 7.09. The Kier molecular flexibility index (Phi) is 5.29. The SMILES string of the molecule is CCCNC(=O)C1COCCN1c1nc(NN)ncc1C. The minimum atomic E-state index is -0.385. The molecule has 1 saturated heterocycles. The maximum absolute atomic E-state index is 12.3. The van der Waals surface area contributed by atoms with Crippen LogP contribution in [0.5, 0.6) is 0 Å². The zero-order valence-corrected chi connectivity index (χ0v) is 12.4. The third-order valence-electron chi connectivity index (χ3n) is 3.33. The summed E-state index contributed by atoms with van der Waals surface area (Å²) >= 11 is 0. The van der Waals surface area contributed by atoms with E-state index in [1.54, 1.807) is 6.20 Å². The number of nitrogens with zero attached hydrogens (tertiary/aromatic N) is 3. The van der Waals surface area contributed by atoms with Gasteiger partial charge in [-0.05, 0) is 13.3 Å². The molecule has 0 bridgehead atoms. The zero-order chi connectivity index (χ0) is 15.2. The van der Waals surface area contributed by atoms with Crippen LogP contribution in [0.15, 0.2) is 6.20 Å². The van der Waals surface area contributed by atoms with Crippen LogP contribution >= 0.6 is 0 Å². The molecule has 21 heavy (non-hydrogen) atoms. The summed E-state index contributed by atoms with van der Waals surface area (Å²) in [5, 5.41) is 2.91. The van der Waals surface area contributed by atoms with Crippen LogP contribution in [0.25, 0.3) is 0 Å². The lowest BCUT2D eigenvalue weighted by Gasteiger charge is -2.36. The largest absolute Gasteiger partial charge is 0.377 e.